The van der Waals surface area contributed by atoms with Crippen molar-refractivity contribution in [2.45, 2.75) is 39.3 Å². The summed E-state index contributed by atoms with van der Waals surface area (Å²) in [5, 5.41) is 3.47. The Bertz CT molecular complexity index is 330. The maximum Gasteiger partial charge on any atom is 0.203 e. The molecule has 0 spiro atoms. The van der Waals surface area contributed by atoms with Gasteiger partial charge in [0, 0.05) is 25.5 Å². The topological polar surface area (TPSA) is 39.1 Å². The lowest BCUT2D eigenvalue weighted by atomic mass is 10.3. The minimum absolute atomic E-state index is 0.303. The van der Waals surface area contributed by atoms with E-state index in [9.17, 15) is 0 Å². The number of thioether (sulfide) groups is 1. The van der Waals surface area contributed by atoms with Crippen molar-refractivity contribution in [1.82, 2.24) is 9.55 Å². The fraction of sp³-hybridized carbons (Fsp3) is 0.769. The molecule has 0 saturated heterocycles. The number of hydrogen-bond donors (Lipinski definition) is 1. The van der Waals surface area contributed by atoms with E-state index < -0.39 is 0 Å². The third-order valence-electron chi connectivity index (χ3n) is 2.83. The molecule has 1 heterocycles. The van der Waals surface area contributed by atoms with E-state index in [0.717, 1.165) is 12.4 Å². The van der Waals surface area contributed by atoms with Gasteiger partial charge in [-0.25, -0.2) is 4.98 Å². The first-order valence-corrected chi connectivity index (χ1v) is 7.70. The first-order valence-electron chi connectivity index (χ1n) is 6.55. The third-order valence-corrected chi connectivity index (χ3v) is 3.76. The van der Waals surface area contributed by atoms with Gasteiger partial charge in [0.05, 0.1) is 12.6 Å². The molecule has 0 fully saturated rings. The van der Waals surface area contributed by atoms with Crippen LogP contribution in [0.1, 0.15) is 33.2 Å². The molecule has 0 bridgehead atoms. The van der Waals surface area contributed by atoms with Crippen LogP contribution in [-0.4, -0.2) is 40.8 Å². The van der Waals surface area contributed by atoms with Crippen LogP contribution >= 0.6 is 11.8 Å². The van der Waals surface area contributed by atoms with Crippen LogP contribution in [0.25, 0.3) is 0 Å². The number of imidazole rings is 1. The third kappa shape index (κ3) is 4.90. The van der Waals surface area contributed by atoms with Gasteiger partial charge in [0.1, 0.15) is 0 Å². The van der Waals surface area contributed by atoms with Gasteiger partial charge in [-0.15, -0.1) is 0 Å². The second-order valence-corrected chi connectivity index (χ2v) is 5.89. The van der Waals surface area contributed by atoms with Gasteiger partial charge < -0.3 is 14.6 Å². The Labute approximate surface area is 115 Å². The quantitative estimate of drug-likeness (QED) is 0.701. The molecule has 0 amide bonds. The summed E-state index contributed by atoms with van der Waals surface area (Å²) >= 11 is 1.98. The second-order valence-electron chi connectivity index (χ2n) is 4.49. The summed E-state index contributed by atoms with van der Waals surface area (Å²) < 4.78 is 7.32. The van der Waals surface area contributed by atoms with Crippen molar-refractivity contribution in [3.05, 3.63) is 12.4 Å². The number of aromatic nitrogens is 2. The highest BCUT2D eigenvalue weighted by Gasteiger charge is 2.11. The zero-order chi connectivity index (χ0) is 13.4. The Balaban J connectivity index is 2.48. The van der Waals surface area contributed by atoms with Crippen molar-refractivity contribution in [2.75, 3.05) is 30.5 Å². The van der Waals surface area contributed by atoms with E-state index in [1.54, 1.807) is 7.11 Å². The number of nitrogens with one attached hydrogen (secondary N) is 1. The molecule has 18 heavy (non-hydrogen) atoms. The zero-order valence-corrected chi connectivity index (χ0v) is 12.7. The summed E-state index contributed by atoms with van der Waals surface area (Å²) in [6.45, 7) is 7.23. The smallest absolute Gasteiger partial charge is 0.203 e. The molecule has 0 radical (unpaired) electrons. The average Bonchev–Trinajstić information content (AvgIpc) is 2.78. The number of methoxy groups -OCH3 is 1. The highest BCUT2D eigenvalue weighted by Crippen LogP contribution is 2.15. The summed E-state index contributed by atoms with van der Waals surface area (Å²) in [6.07, 6.45) is 4.99. The van der Waals surface area contributed by atoms with Gasteiger partial charge in [-0.3, -0.25) is 0 Å². The van der Waals surface area contributed by atoms with Gasteiger partial charge in [-0.05, 0) is 31.8 Å². The lowest BCUT2D eigenvalue weighted by Gasteiger charge is -2.19. The van der Waals surface area contributed by atoms with Crippen LogP contribution in [0.2, 0.25) is 0 Å². The van der Waals surface area contributed by atoms with E-state index in [0.29, 0.717) is 18.7 Å². The van der Waals surface area contributed by atoms with Crippen molar-refractivity contribution in [1.29, 1.82) is 0 Å². The van der Waals surface area contributed by atoms with Crippen LogP contribution in [0.4, 0.5) is 5.95 Å². The molecule has 5 heteroatoms. The van der Waals surface area contributed by atoms with Gasteiger partial charge >= 0.3 is 0 Å². The summed E-state index contributed by atoms with van der Waals surface area (Å²) in [5.74, 6) is 3.32. The molecule has 4 nitrogen and oxygen atoms in total. The van der Waals surface area contributed by atoms with Crippen LogP contribution < -0.4 is 5.32 Å². The molecule has 0 aliphatic rings. The Morgan fingerprint density at radius 1 is 1.50 bits per heavy atom. The van der Waals surface area contributed by atoms with E-state index in [4.69, 9.17) is 4.74 Å². The Morgan fingerprint density at radius 3 is 2.94 bits per heavy atom. The van der Waals surface area contributed by atoms with E-state index >= 15 is 0 Å². The predicted molar refractivity (Wildman–Crippen MR) is 79.5 cm³/mol. The van der Waals surface area contributed by atoms with Crippen molar-refractivity contribution in [3.63, 3.8) is 0 Å². The Kier molecular flexibility index (Phi) is 7.20. The lowest BCUT2D eigenvalue weighted by molar-refractivity contribution is 0.163. The summed E-state index contributed by atoms with van der Waals surface area (Å²) in [4.78, 5) is 4.38. The first kappa shape index (κ1) is 15.4. The van der Waals surface area contributed by atoms with Crippen LogP contribution in [0.15, 0.2) is 12.4 Å². The van der Waals surface area contributed by atoms with Crippen molar-refractivity contribution < 1.29 is 4.74 Å². The van der Waals surface area contributed by atoms with E-state index in [1.165, 1.54) is 11.5 Å². The van der Waals surface area contributed by atoms with Gasteiger partial charge in [-0.1, -0.05) is 6.92 Å². The molecule has 0 saturated carbocycles. The van der Waals surface area contributed by atoms with Crippen LogP contribution in [-0.2, 0) is 4.74 Å². The molecule has 1 N–H and O–H groups in total. The molecular formula is C13H25N3OS. The van der Waals surface area contributed by atoms with E-state index in [-0.39, 0.29) is 0 Å². The van der Waals surface area contributed by atoms with Crippen molar-refractivity contribution in [3.8, 4) is 0 Å². The monoisotopic (exact) mass is 271 g/mol. The summed E-state index contributed by atoms with van der Waals surface area (Å²) in [6, 6.07) is 0.747. The maximum atomic E-state index is 5.19. The van der Waals surface area contributed by atoms with Gasteiger partial charge in [0.2, 0.25) is 5.95 Å². The molecule has 0 aromatic carbocycles. The van der Waals surface area contributed by atoms with Crippen molar-refractivity contribution >= 4 is 17.7 Å². The van der Waals surface area contributed by atoms with Crippen LogP contribution in [0, 0.1) is 0 Å². The number of anilines is 1. The lowest BCUT2D eigenvalue weighted by Crippen LogP contribution is -2.21. The van der Waals surface area contributed by atoms with Crippen molar-refractivity contribution in [2.24, 2.45) is 0 Å². The highest BCUT2D eigenvalue weighted by atomic mass is 32.2. The standard InChI is InChI=1S/C13H25N3OS/c1-5-18-9-6-11(2)15-13-14-7-8-16(13)12(3)10-17-4/h7-8,11-12H,5-6,9-10H2,1-4H3,(H,14,15). The minimum Gasteiger partial charge on any atom is -0.383 e. The zero-order valence-electron chi connectivity index (χ0n) is 11.8. The van der Waals surface area contributed by atoms with Gasteiger partial charge in [-0.2, -0.15) is 11.8 Å². The highest BCUT2D eigenvalue weighted by molar-refractivity contribution is 7.99. The molecule has 1 aromatic rings. The fourth-order valence-corrected chi connectivity index (χ4v) is 2.61. The molecule has 0 aliphatic heterocycles. The number of nitrogens with zero attached hydrogens (tertiary/aromatic N) is 2. The molecular weight excluding hydrogens is 246 g/mol. The van der Waals surface area contributed by atoms with Crippen LogP contribution in [0.3, 0.4) is 0 Å². The SMILES string of the molecule is CCSCCC(C)Nc1nccn1C(C)COC. The minimum atomic E-state index is 0.303. The van der Waals surface area contributed by atoms with Crippen LogP contribution in [0.5, 0.6) is 0 Å². The summed E-state index contributed by atoms with van der Waals surface area (Å²) in [5.41, 5.74) is 0. The average molecular weight is 271 g/mol. The number of hydrogen-bond acceptors (Lipinski definition) is 4. The fourth-order valence-electron chi connectivity index (χ4n) is 1.80. The molecule has 104 valence electrons. The molecule has 2 atom stereocenters. The van der Waals surface area contributed by atoms with E-state index in [2.05, 4.69) is 35.6 Å². The number of ether oxygens (including phenoxy) is 1. The van der Waals surface area contributed by atoms with Gasteiger partial charge in [0.25, 0.3) is 0 Å². The van der Waals surface area contributed by atoms with Gasteiger partial charge in [0.15, 0.2) is 0 Å². The second kappa shape index (κ2) is 8.43. The molecule has 2 unspecified atom stereocenters. The number of rotatable bonds is 9. The Hall–Kier alpha value is -0.680. The van der Waals surface area contributed by atoms with E-state index in [1.807, 2.05) is 24.2 Å². The normalized spacial score (nSPS) is 14.4. The molecule has 1 rings (SSSR count). The molecule has 0 aliphatic carbocycles. The maximum absolute atomic E-state index is 5.19. The first-order chi connectivity index (χ1) is 8.69. The summed E-state index contributed by atoms with van der Waals surface area (Å²) in [7, 11) is 1.73. The predicted octanol–water partition coefficient (Wildman–Crippen LogP) is 3.03. The largest absolute Gasteiger partial charge is 0.383 e. The Morgan fingerprint density at radius 2 is 2.28 bits per heavy atom. The molecule has 1 aromatic heterocycles.